The number of rotatable bonds is 4. The van der Waals surface area contributed by atoms with E-state index >= 15 is 0 Å². The van der Waals surface area contributed by atoms with Crippen molar-refractivity contribution in [1.29, 1.82) is 0 Å². The molecule has 1 aliphatic heterocycles. The summed E-state index contributed by atoms with van der Waals surface area (Å²) in [7, 11) is 0. The number of piperazine rings is 1. The summed E-state index contributed by atoms with van der Waals surface area (Å²) in [6, 6.07) is 7.98. The molecular formula is C16H18BrN5O. The lowest BCUT2D eigenvalue weighted by Crippen LogP contribution is -2.46. The largest absolute Gasteiger partial charge is 0.353 e. The van der Waals surface area contributed by atoms with E-state index < -0.39 is 0 Å². The molecule has 0 radical (unpaired) electrons. The average Bonchev–Trinajstić information content (AvgIpc) is 2.58. The van der Waals surface area contributed by atoms with Crippen LogP contribution in [0.3, 0.4) is 0 Å². The third-order valence-corrected chi connectivity index (χ3v) is 4.46. The molecule has 1 aliphatic rings. The van der Waals surface area contributed by atoms with Gasteiger partial charge >= 0.3 is 0 Å². The van der Waals surface area contributed by atoms with Gasteiger partial charge in [0.05, 0.1) is 5.69 Å². The number of benzene rings is 1. The predicted octanol–water partition coefficient (Wildman–Crippen LogP) is 2.57. The van der Waals surface area contributed by atoms with E-state index in [4.69, 9.17) is 0 Å². The highest BCUT2D eigenvalue weighted by Crippen LogP contribution is 2.26. The first-order valence-corrected chi connectivity index (χ1v) is 8.25. The molecule has 3 rings (SSSR count). The lowest BCUT2D eigenvalue weighted by atomic mass is 10.2. The van der Waals surface area contributed by atoms with Gasteiger partial charge in [0.1, 0.15) is 5.82 Å². The summed E-state index contributed by atoms with van der Waals surface area (Å²) in [4.78, 5) is 23.6. The van der Waals surface area contributed by atoms with Crippen LogP contribution in [0, 0.1) is 6.92 Å². The maximum Gasteiger partial charge on any atom is 0.229 e. The van der Waals surface area contributed by atoms with Gasteiger partial charge in [-0.05, 0) is 46.6 Å². The van der Waals surface area contributed by atoms with Crippen molar-refractivity contribution in [2.24, 2.45) is 0 Å². The van der Waals surface area contributed by atoms with Gasteiger partial charge < -0.3 is 15.1 Å². The van der Waals surface area contributed by atoms with Crippen molar-refractivity contribution in [2.45, 2.75) is 6.92 Å². The smallest absolute Gasteiger partial charge is 0.229 e. The third kappa shape index (κ3) is 3.79. The molecule has 0 unspecified atom stereocenters. The number of carbonyl (C=O) groups excluding carboxylic acids is 1. The van der Waals surface area contributed by atoms with Crippen LogP contribution in [0.25, 0.3) is 0 Å². The van der Waals surface area contributed by atoms with Gasteiger partial charge in [-0.3, -0.25) is 4.79 Å². The molecule has 0 bridgehead atoms. The molecule has 1 aromatic heterocycles. The van der Waals surface area contributed by atoms with E-state index in [9.17, 15) is 4.79 Å². The minimum Gasteiger partial charge on any atom is -0.353 e. The number of halogens is 1. The topological polar surface area (TPSA) is 61.4 Å². The Morgan fingerprint density at radius 3 is 2.70 bits per heavy atom. The van der Waals surface area contributed by atoms with Crippen molar-refractivity contribution in [1.82, 2.24) is 14.9 Å². The Hall–Kier alpha value is -2.15. The zero-order chi connectivity index (χ0) is 16.2. The average molecular weight is 376 g/mol. The fourth-order valence-electron chi connectivity index (χ4n) is 2.48. The number of nitrogens with zero attached hydrogens (tertiary/aromatic N) is 4. The molecule has 6 nitrogen and oxygen atoms in total. The van der Waals surface area contributed by atoms with Crippen molar-refractivity contribution in [3.8, 4) is 0 Å². The number of aryl methyl sites for hydroxylation is 1. The van der Waals surface area contributed by atoms with Gasteiger partial charge in [0, 0.05) is 36.8 Å². The van der Waals surface area contributed by atoms with E-state index in [0.717, 1.165) is 48.6 Å². The molecule has 1 fully saturated rings. The normalized spacial score (nSPS) is 14.7. The molecule has 120 valence electrons. The van der Waals surface area contributed by atoms with E-state index in [1.807, 2.05) is 31.2 Å². The highest BCUT2D eigenvalue weighted by Gasteiger charge is 2.17. The molecule has 1 aromatic carbocycles. The van der Waals surface area contributed by atoms with E-state index in [1.165, 1.54) is 5.56 Å². The van der Waals surface area contributed by atoms with E-state index in [2.05, 4.69) is 36.1 Å². The molecule has 2 aromatic rings. The second-order valence-electron chi connectivity index (χ2n) is 5.48. The first kappa shape index (κ1) is 15.7. The van der Waals surface area contributed by atoms with Gasteiger partial charge in [-0.2, -0.15) is 4.98 Å². The van der Waals surface area contributed by atoms with Crippen molar-refractivity contribution in [3.05, 3.63) is 40.5 Å². The van der Waals surface area contributed by atoms with Crippen LogP contribution >= 0.6 is 15.9 Å². The highest BCUT2D eigenvalue weighted by molar-refractivity contribution is 9.10. The summed E-state index contributed by atoms with van der Waals surface area (Å²) in [6.45, 7) is 5.05. The molecule has 0 aliphatic carbocycles. The standard InChI is InChI=1S/C16H18BrN5O/c1-12-2-3-14(13(17)10-12)19-16-18-5-4-15(20-16)22-8-6-21(11-23)7-9-22/h2-5,10-11H,6-9H2,1H3,(H,18,19,20). The lowest BCUT2D eigenvalue weighted by molar-refractivity contribution is -0.118. The zero-order valence-electron chi connectivity index (χ0n) is 12.9. The van der Waals surface area contributed by atoms with E-state index in [0.29, 0.717) is 5.95 Å². The Labute approximate surface area is 143 Å². The summed E-state index contributed by atoms with van der Waals surface area (Å²) in [5, 5.41) is 3.24. The van der Waals surface area contributed by atoms with Crippen LogP contribution in [0.1, 0.15) is 5.56 Å². The molecule has 7 heteroatoms. The molecule has 23 heavy (non-hydrogen) atoms. The number of hydrogen-bond acceptors (Lipinski definition) is 5. The highest BCUT2D eigenvalue weighted by atomic mass is 79.9. The quantitative estimate of drug-likeness (QED) is 0.832. The molecule has 1 amide bonds. The Kier molecular flexibility index (Phi) is 4.76. The minimum atomic E-state index is 0.560. The van der Waals surface area contributed by atoms with Crippen molar-refractivity contribution >= 4 is 39.8 Å². The summed E-state index contributed by atoms with van der Waals surface area (Å²) < 4.78 is 0.978. The Morgan fingerprint density at radius 1 is 1.22 bits per heavy atom. The fourth-order valence-corrected chi connectivity index (χ4v) is 3.08. The van der Waals surface area contributed by atoms with Crippen LogP contribution in [-0.4, -0.2) is 47.5 Å². The second kappa shape index (κ2) is 6.95. The number of amides is 1. The third-order valence-electron chi connectivity index (χ3n) is 3.80. The minimum absolute atomic E-state index is 0.560. The van der Waals surface area contributed by atoms with Crippen LogP contribution < -0.4 is 10.2 Å². The van der Waals surface area contributed by atoms with Crippen molar-refractivity contribution < 1.29 is 4.79 Å². The second-order valence-corrected chi connectivity index (χ2v) is 6.33. The number of hydrogen-bond donors (Lipinski definition) is 1. The number of carbonyl (C=O) groups is 1. The first-order valence-electron chi connectivity index (χ1n) is 7.46. The van der Waals surface area contributed by atoms with E-state index in [1.54, 1.807) is 11.1 Å². The molecule has 2 heterocycles. The molecular weight excluding hydrogens is 358 g/mol. The van der Waals surface area contributed by atoms with Crippen LogP contribution in [0.5, 0.6) is 0 Å². The maximum absolute atomic E-state index is 10.8. The predicted molar refractivity (Wildman–Crippen MR) is 94.0 cm³/mol. The summed E-state index contributed by atoms with van der Waals surface area (Å²) in [5.41, 5.74) is 2.11. The SMILES string of the molecule is Cc1ccc(Nc2nccc(N3CCN(C=O)CC3)n2)c(Br)c1. The van der Waals surface area contributed by atoms with Crippen LogP contribution in [-0.2, 0) is 4.79 Å². The monoisotopic (exact) mass is 375 g/mol. The molecule has 1 N–H and O–H groups in total. The molecule has 1 saturated heterocycles. The van der Waals surface area contributed by atoms with Crippen molar-refractivity contribution in [3.63, 3.8) is 0 Å². The van der Waals surface area contributed by atoms with Crippen LogP contribution in [0.15, 0.2) is 34.9 Å². The molecule has 0 saturated carbocycles. The number of nitrogens with one attached hydrogen (secondary N) is 1. The number of aromatic nitrogens is 2. The van der Waals surface area contributed by atoms with Gasteiger partial charge in [0.15, 0.2) is 0 Å². The fraction of sp³-hybridized carbons (Fsp3) is 0.312. The summed E-state index contributed by atoms with van der Waals surface area (Å²) in [6.07, 6.45) is 2.65. The Bertz CT molecular complexity index is 701. The maximum atomic E-state index is 10.8. The molecule has 0 spiro atoms. The zero-order valence-corrected chi connectivity index (χ0v) is 14.5. The number of anilines is 3. The van der Waals surface area contributed by atoms with Gasteiger partial charge in [-0.1, -0.05) is 6.07 Å². The Morgan fingerprint density at radius 2 is 2.00 bits per heavy atom. The summed E-state index contributed by atoms with van der Waals surface area (Å²) in [5.74, 6) is 1.43. The molecule has 0 atom stereocenters. The summed E-state index contributed by atoms with van der Waals surface area (Å²) >= 11 is 3.55. The van der Waals surface area contributed by atoms with Gasteiger partial charge in [-0.25, -0.2) is 4.98 Å². The van der Waals surface area contributed by atoms with E-state index in [-0.39, 0.29) is 0 Å². The van der Waals surface area contributed by atoms with Crippen molar-refractivity contribution in [2.75, 3.05) is 36.4 Å². The lowest BCUT2D eigenvalue weighted by Gasteiger charge is -2.33. The van der Waals surface area contributed by atoms with Crippen LogP contribution in [0.2, 0.25) is 0 Å². The van der Waals surface area contributed by atoms with Gasteiger partial charge in [0.2, 0.25) is 12.4 Å². The van der Waals surface area contributed by atoms with Gasteiger partial charge in [0.25, 0.3) is 0 Å². The first-order chi connectivity index (χ1) is 11.2. The van der Waals surface area contributed by atoms with Crippen LogP contribution in [0.4, 0.5) is 17.5 Å². The van der Waals surface area contributed by atoms with Gasteiger partial charge in [-0.15, -0.1) is 0 Å². The Balaban J connectivity index is 1.74.